The predicted molar refractivity (Wildman–Crippen MR) is 72.6 cm³/mol. The lowest BCUT2D eigenvalue weighted by atomic mass is 10.2. The molecule has 0 aliphatic rings. The van der Waals surface area contributed by atoms with E-state index in [-0.39, 0.29) is 17.6 Å². The smallest absolute Gasteiger partial charge is 0.322 e. The summed E-state index contributed by atoms with van der Waals surface area (Å²) in [6, 6.07) is 1.02. The first-order valence-electron chi connectivity index (χ1n) is 5.61. The summed E-state index contributed by atoms with van der Waals surface area (Å²) >= 11 is 1.38. The van der Waals surface area contributed by atoms with Crippen molar-refractivity contribution in [1.82, 2.24) is 9.97 Å². The molecule has 1 amide bonds. The highest BCUT2D eigenvalue weighted by Gasteiger charge is 2.13. The van der Waals surface area contributed by atoms with Crippen molar-refractivity contribution in [1.29, 1.82) is 0 Å². The number of nitrogens with zero attached hydrogens (tertiary/aromatic N) is 2. The average molecular weight is 284 g/mol. The highest BCUT2D eigenvalue weighted by atomic mass is 32.2. The summed E-state index contributed by atoms with van der Waals surface area (Å²) < 4.78 is 4.50. The van der Waals surface area contributed by atoms with Gasteiger partial charge in [0.2, 0.25) is 11.9 Å². The van der Waals surface area contributed by atoms with Crippen molar-refractivity contribution in [2.75, 3.05) is 23.9 Å². The normalized spacial score (nSPS) is 11.7. The third-order valence-corrected chi connectivity index (χ3v) is 3.12. The Balaban J connectivity index is 2.16. The number of nitrogens with one attached hydrogen (secondary N) is 1. The zero-order valence-corrected chi connectivity index (χ0v) is 11.4. The van der Waals surface area contributed by atoms with E-state index in [1.807, 2.05) is 0 Å². The number of thioether (sulfide) groups is 1. The number of carbonyl (C=O) groups is 2. The van der Waals surface area contributed by atoms with Crippen LogP contribution in [0, 0.1) is 0 Å². The van der Waals surface area contributed by atoms with Crippen molar-refractivity contribution < 1.29 is 14.3 Å². The van der Waals surface area contributed by atoms with Crippen LogP contribution in [0.4, 0.5) is 5.95 Å². The van der Waals surface area contributed by atoms with Crippen molar-refractivity contribution in [2.45, 2.75) is 12.5 Å². The molecular weight excluding hydrogens is 268 g/mol. The maximum atomic E-state index is 11.5. The van der Waals surface area contributed by atoms with Crippen LogP contribution in [0.3, 0.4) is 0 Å². The molecule has 1 atom stereocenters. The fraction of sp³-hybridized carbons (Fsp3) is 0.455. The van der Waals surface area contributed by atoms with Gasteiger partial charge in [-0.25, -0.2) is 9.97 Å². The van der Waals surface area contributed by atoms with Gasteiger partial charge in [-0.15, -0.1) is 0 Å². The van der Waals surface area contributed by atoms with Crippen molar-refractivity contribution in [3.05, 3.63) is 18.5 Å². The number of aromatic nitrogens is 2. The van der Waals surface area contributed by atoms with Gasteiger partial charge in [0.25, 0.3) is 0 Å². The average Bonchev–Trinajstić information content (AvgIpc) is 2.43. The minimum atomic E-state index is -0.641. The topological polar surface area (TPSA) is 107 Å². The van der Waals surface area contributed by atoms with Gasteiger partial charge in [0.1, 0.15) is 6.04 Å². The van der Waals surface area contributed by atoms with Crippen LogP contribution in [0.1, 0.15) is 6.42 Å². The summed E-state index contributed by atoms with van der Waals surface area (Å²) in [6.45, 7) is 0. The van der Waals surface area contributed by atoms with Crippen molar-refractivity contribution in [3.8, 4) is 0 Å². The van der Waals surface area contributed by atoms with E-state index in [0.29, 0.717) is 12.2 Å². The lowest BCUT2D eigenvalue weighted by Gasteiger charge is -2.08. The summed E-state index contributed by atoms with van der Waals surface area (Å²) in [6.07, 6.45) is 3.56. The standard InChI is InChI=1S/C11H16N4O3S/c1-18-10(17)8(12)3-6-19-7-9(16)15-11-13-4-2-5-14-11/h2,4-5,8H,3,6-7,12H2,1H3,(H,13,14,15,16). The fourth-order valence-electron chi connectivity index (χ4n) is 1.17. The molecule has 8 heteroatoms. The second kappa shape index (κ2) is 8.44. The maximum Gasteiger partial charge on any atom is 0.322 e. The minimum absolute atomic E-state index is 0.192. The van der Waals surface area contributed by atoms with Gasteiger partial charge in [0.05, 0.1) is 12.9 Å². The van der Waals surface area contributed by atoms with Crippen molar-refractivity contribution >= 4 is 29.6 Å². The molecule has 1 aromatic rings. The first kappa shape index (κ1) is 15.4. The highest BCUT2D eigenvalue weighted by Crippen LogP contribution is 2.06. The molecule has 0 radical (unpaired) electrons. The molecule has 0 aliphatic carbocycles. The van der Waals surface area contributed by atoms with Gasteiger partial charge in [-0.2, -0.15) is 11.8 Å². The summed E-state index contributed by atoms with van der Waals surface area (Å²) in [5.74, 6) is 0.496. The minimum Gasteiger partial charge on any atom is -0.468 e. The molecule has 0 saturated carbocycles. The largest absolute Gasteiger partial charge is 0.468 e. The Bertz CT molecular complexity index is 416. The zero-order valence-electron chi connectivity index (χ0n) is 10.5. The summed E-state index contributed by atoms with van der Waals surface area (Å²) in [5.41, 5.74) is 5.56. The summed E-state index contributed by atoms with van der Waals surface area (Å²) in [5, 5.41) is 2.56. The molecule has 0 aliphatic heterocycles. The number of esters is 1. The predicted octanol–water partition coefficient (Wildman–Crippen LogP) is 0.0387. The Labute approximate surface area is 115 Å². The number of nitrogens with two attached hydrogens (primary N) is 1. The number of methoxy groups -OCH3 is 1. The lowest BCUT2D eigenvalue weighted by Crippen LogP contribution is -2.32. The molecule has 0 saturated heterocycles. The van der Waals surface area contributed by atoms with Crippen LogP contribution in [-0.4, -0.2) is 46.5 Å². The highest BCUT2D eigenvalue weighted by molar-refractivity contribution is 7.99. The number of anilines is 1. The molecule has 19 heavy (non-hydrogen) atoms. The summed E-state index contributed by atoms with van der Waals surface area (Å²) in [7, 11) is 1.29. The molecule has 1 aromatic heterocycles. The van der Waals surface area contributed by atoms with Gasteiger partial charge in [-0.1, -0.05) is 0 Å². The number of rotatable bonds is 7. The maximum absolute atomic E-state index is 11.5. The second-order valence-corrected chi connectivity index (χ2v) is 4.70. The van der Waals surface area contributed by atoms with Gasteiger partial charge in [0.15, 0.2) is 0 Å². The van der Waals surface area contributed by atoms with E-state index in [9.17, 15) is 9.59 Å². The Hall–Kier alpha value is -1.67. The van der Waals surface area contributed by atoms with Crippen LogP contribution >= 0.6 is 11.8 Å². The Morgan fingerprint density at radius 3 is 2.79 bits per heavy atom. The molecule has 3 N–H and O–H groups in total. The molecule has 0 fully saturated rings. The molecule has 1 unspecified atom stereocenters. The van der Waals surface area contributed by atoms with Crippen LogP contribution in [-0.2, 0) is 14.3 Å². The van der Waals surface area contributed by atoms with E-state index >= 15 is 0 Å². The van der Waals surface area contributed by atoms with E-state index < -0.39 is 12.0 Å². The Morgan fingerprint density at radius 2 is 2.16 bits per heavy atom. The van der Waals surface area contributed by atoms with Crippen LogP contribution in [0.2, 0.25) is 0 Å². The third kappa shape index (κ3) is 6.16. The van der Waals surface area contributed by atoms with Crippen LogP contribution < -0.4 is 11.1 Å². The number of hydrogen-bond acceptors (Lipinski definition) is 7. The van der Waals surface area contributed by atoms with Crippen molar-refractivity contribution in [3.63, 3.8) is 0 Å². The van der Waals surface area contributed by atoms with Gasteiger partial charge >= 0.3 is 5.97 Å². The van der Waals surface area contributed by atoms with Gasteiger partial charge in [-0.3, -0.25) is 14.9 Å². The van der Waals surface area contributed by atoms with E-state index in [1.54, 1.807) is 18.5 Å². The van der Waals surface area contributed by atoms with E-state index in [0.717, 1.165) is 0 Å². The summed E-state index contributed by atoms with van der Waals surface area (Å²) in [4.78, 5) is 30.3. The Morgan fingerprint density at radius 1 is 1.47 bits per heavy atom. The second-order valence-electron chi connectivity index (χ2n) is 3.59. The number of amides is 1. The van der Waals surface area contributed by atoms with Crippen molar-refractivity contribution in [2.24, 2.45) is 5.73 Å². The fourth-order valence-corrected chi connectivity index (χ4v) is 1.99. The van der Waals surface area contributed by atoms with Gasteiger partial charge < -0.3 is 10.5 Å². The number of carbonyl (C=O) groups excluding carboxylic acids is 2. The SMILES string of the molecule is COC(=O)C(N)CCSCC(=O)Nc1ncccn1. The Kier molecular flexibility index (Phi) is 6.83. The number of ether oxygens (including phenoxy) is 1. The van der Waals surface area contributed by atoms with Gasteiger partial charge in [-0.05, 0) is 18.2 Å². The number of hydrogen-bond donors (Lipinski definition) is 2. The molecule has 104 valence electrons. The molecule has 7 nitrogen and oxygen atoms in total. The molecule has 0 bridgehead atoms. The van der Waals surface area contributed by atoms with E-state index in [4.69, 9.17) is 5.73 Å². The molecule has 1 rings (SSSR count). The van der Waals surface area contributed by atoms with E-state index in [2.05, 4.69) is 20.0 Å². The molecule has 1 heterocycles. The van der Waals surface area contributed by atoms with Crippen LogP contribution in [0.5, 0.6) is 0 Å². The first-order valence-corrected chi connectivity index (χ1v) is 6.77. The first-order chi connectivity index (χ1) is 9.13. The quantitative estimate of drug-likeness (QED) is 0.537. The third-order valence-electron chi connectivity index (χ3n) is 2.13. The lowest BCUT2D eigenvalue weighted by molar-refractivity contribution is -0.142. The monoisotopic (exact) mass is 284 g/mol. The van der Waals surface area contributed by atoms with Crippen LogP contribution in [0.25, 0.3) is 0 Å². The van der Waals surface area contributed by atoms with Gasteiger partial charge in [0, 0.05) is 12.4 Å². The molecule has 0 aromatic carbocycles. The zero-order chi connectivity index (χ0) is 14.1. The van der Waals surface area contributed by atoms with Crippen LogP contribution in [0.15, 0.2) is 18.5 Å². The molecule has 0 spiro atoms. The molecular formula is C11H16N4O3S. The van der Waals surface area contributed by atoms with E-state index in [1.165, 1.54) is 18.9 Å².